The van der Waals surface area contributed by atoms with Gasteiger partial charge in [-0.15, -0.1) is 0 Å². The monoisotopic (exact) mass is 764 g/mol. The summed E-state index contributed by atoms with van der Waals surface area (Å²) in [4.78, 5) is 65.9. The van der Waals surface area contributed by atoms with Crippen molar-refractivity contribution in [3.8, 4) is 17.2 Å². The van der Waals surface area contributed by atoms with Gasteiger partial charge in [-0.05, 0) is 78.9 Å². The van der Waals surface area contributed by atoms with Crippen LogP contribution in [-0.2, 0) is 28.0 Å². The van der Waals surface area contributed by atoms with E-state index in [-0.39, 0.29) is 41.0 Å². The Kier molecular flexibility index (Phi) is 10.3. The summed E-state index contributed by atoms with van der Waals surface area (Å²) in [6.07, 6.45) is 5.97. The minimum Gasteiger partial charge on any atom is -0.371 e. The number of anilines is 1. The average molecular weight is 765 g/mol. The van der Waals surface area contributed by atoms with Crippen molar-refractivity contribution in [1.29, 1.82) is 5.26 Å². The van der Waals surface area contributed by atoms with Crippen molar-refractivity contribution in [1.82, 2.24) is 20.1 Å². The molecule has 2 saturated heterocycles. The highest BCUT2D eigenvalue weighted by Crippen LogP contribution is 2.46. The number of aryl methyl sites for hydroxylation is 1. The summed E-state index contributed by atoms with van der Waals surface area (Å²) in [5.74, 6) is -0.134. The van der Waals surface area contributed by atoms with Gasteiger partial charge in [-0.2, -0.15) is 10.4 Å². The summed E-state index contributed by atoms with van der Waals surface area (Å²) in [6.45, 7) is 15.9. The Labute approximate surface area is 332 Å². The van der Waals surface area contributed by atoms with Gasteiger partial charge in [-0.3, -0.25) is 34.0 Å². The first-order valence-corrected chi connectivity index (χ1v) is 19.7. The predicted molar refractivity (Wildman–Crippen MR) is 218 cm³/mol. The van der Waals surface area contributed by atoms with Crippen molar-refractivity contribution in [2.45, 2.75) is 79.7 Å². The molecule has 2 aliphatic heterocycles. The van der Waals surface area contributed by atoms with Gasteiger partial charge in [-0.1, -0.05) is 47.6 Å². The number of nitrogens with zero attached hydrogens (tertiary/aromatic N) is 4. The molecule has 1 aliphatic carbocycles. The number of H-pyrrole nitrogens is 1. The molecule has 5 aromatic rings. The lowest BCUT2D eigenvalue weighted by Crippen LogP contribution is -2.48. The highest BCUT2D eigenvalue weighted by Gasteiger charge is 2.40. The third kappa shape index (κ3) is 7.21. The second kappa shape index (κ2) is 15.1. The Morgan fingerprint density at radius 2 is 1.77 bits per heavy atom. The highest BCUT2D eigenvalue weighted by molar-refractivity contribution is 6.20. The minimum absolute atomic E-state index is 0.0124. The Morgan fingerprint density at radius 3 is 2.42 bits per heavy atom. The van der Waals surface area contributed by atoms with Gasteiger partial charge >= 0.3 is 0 Å². The molecule has 8 rings (SSSR count). The summed E-state index contributed by atoms with van der Waals surface area (Å²) in [5.41, 5.74) is 9.33. The van der Waals surface area contributed by atoms with E-state index < -0.39 is 5.41 Å². The molecule has 2 N–H and O–H groups in total. The molecule has 4 heterocycles. The molecule has 11 heteroatoms. The number of Topliss-reactive ketones (excluding diaryl/α,β-unsaturated/α-hetero) is 2. The number of piperidine rings is 1. The van der Waals surface area contributed by atoms with Crippen LogP contribution in [0, 0.1) is 29.1 Å². The van der Waals surface area contributed by atoms with E-state index in [9.17, 15) is 29.2 Å². The maximum absolute atomic E-state index is 14.0. The van der Waals surface area contributed by atoms with Crippen LogP contribution in [0.25, 0.3) is 22.0 Å². The molecule has 0 bridgehead atoms. The number of nitriles is 1. The number of carbonyl (C=O) groups is 5. The third-order valence-electron chi connectivity index (χ3n) is 11.7. The number of aromatic amines is 1. The second-order valence-corrected chi connectivity index (χ2v) is 16.5. The van der Waals surface area contributed by atoms with Crippen LogP contribution in [0.1, 0.15) is 120 Å². The molecular formula is C46H48N6O5. The quantitative estimate of drug-likeness (QED) is 0.121. The van der Waals surface area contributed by atoms with Crippen molar-refractivity contribution in [3.63, 3.8) is 0 Å². The molecule has 292 valence electrons. The first-order chi connectivity index (χ1) is 27.1. The molecule has 2 fully saturated rings. The lowest BCUT2D eigenvalue weighted by molar-refractivity contribution is -0.135. The number of aromatic nitrogens is 3. The number of fused-ring (bicyclic) bond motifs is 4. The third-order valence-corrected chi connectivity index (χ3v) is 11.7. The van der Waals surface area contributed by atoms with E-state index in [2.05, 4.69) is 60.4 Å². The van der Waals surface area contributed by atoms with Crippen LogP contribution in [0.3, 0.4) is 0 Å². The number of benzene rings is 3. The summed E-state index contributed by atoms with van der Waals surface area (Å²) in [5, 5.41) is 17.3. The van der Waals surface area contributed by atoms with E-state index in [1.807, 2.05) is 55.9 Å². The molecule has 2 amide bonds. The number of carbonyl (C=O) groups excluding carboxylic acids is 5. The fourth-order valence-corrected chi connectivity index (χ4v) is 8.26. The van der Waals surface area contributed by atoms with E-state index >= 15 is 0 Å². The van der Waals surface area contributed by atoms with Crippen LogP contribution in [0.5, 0.6) is 0 Å². The van der Waals surface area contributed by atoms with Crippen molar-refractivity contribution in [3.05, 3.63) is 106 Å². The lowest BCUT2D eigenvalue weighted by Gasteiger charge is -2.41. The van der Waals surface area contributed by atoms with E-state index in [0.29, 0.717) is 41.0 Å². The molecule has 3 aliphatic rings. The summed E-state index contributed by atoms with van der Waals surface area (Å²) in [7, 11) is 0. The fraction of sp³-hybridized carbons (Fsp3) is 0.370. The Bertz CT molecular complexity index is 2530. The van der Waals surface area contributed by atoms with Crippen LogP contribution in [-0.4, -0.2) is 57.0 Å². The maximum atomic E-state index is 14.0. The van der Waals surface area contributed by atoms with Crippen LogP contribution in [0.2, 0.25) is 0 Å². The van der Waals surface area contributed by atoms with Gasteiger partial charge in [0.1, 0.15) is 0 Å². The van der Waals surface area contributed by atoms with Gasteiger partial charge in [0, 0.05) is 100.0 Å². The van der Waals surface area contributed by atoms with E-state index in [1.54, 1.807) is 12.1 Å². The number of nitrogens with one attached hydrogen (secondary N) is 2. The van der Waals surface area contributed by atoms with Crippen LogP contribution in [0.15, 0.2) is 60.9 Å². The fourth-order valence-electron chi connectivity index (χ4n) is 8.26. The number of imide groups is 1. The average Bonchev–Trinajstić information content (AvgIpc) is 3.81. The summed E-state index contributed by atoms with van der Waals surface area (Å²) in [6, 6.07) is 17.5. The van der Waals surface area contributed by atoms with E-state index in [1.165, 1.54) is 6.92 Å². The molecule has 1 atom stereocenters. The molecule has 1 unspecified atom stereocenters. The van der Waals surface area contributed by atoms with Gasteiger partial charge < -0.3 is 9.88 Å². The zero-order chi connectivity index (χ0) is 40.9. The molecule has 3 aromatic carbocycles. The van der Waals surface area contributed by atoms with Crippen molar-refractivity contribution < 1.29 is 24.0 Å². The minimum atomic E-state index is -0.459. The Hall–Kier alpha value is -6.15. The molecule has 0 spiro atoms. The molecule has 11 nitrogen and oxygen atoms in total. The summed E-state index contributed by atoms with van der Waals surface area (Å²) < 4.78 is 2.00. The van der Waals surface area contributed by atoms with Gasteiger partial charge in [-0.25, -0.2) is 0 Å². The smallest absolute Gasteiger partial charge is 0.229 e. The predicted octanol–water partition coefficient (Wildman–Crippen LogP) is 7.57. The normalized spacial score (nSPS) is 17.3. The molecule has 0 radical (unpaired) electrons. The van der Waals surface area contributed by atoms with Crippen LogP contribution in [0.4, 0.5) is 5.69 Å². The first-order valence-electron chi connectivity index (χ1n) is 19.7. The summed E-state index contributed by atoms with van der Waals surface area (Å²) >= 11 is 0. The van der Waals surface area contributed by atoms with Crippen LogP contribution < -0.4 is 10.2 Å². The van der Waals surface area contributed by atoms with Crippen LogP contribution >= 0.6 is 0 Å². The maximum Gasteiger partial charge on any atom is 0.229 e. The van der Waals surface area contributed by atoms with Crippen molar-refractivity contribution >= 4 is 45.8 Å². The lowest BCUT2D eigenvalue weighted by atomic mass is 9.70. The second-order valence-electron chi connectivity index (χ2n) is 16.5. The van der Waals surface area contributed by atoms with E-state index in [0.717, 1.165) is 76.2 Å². The van der Waals surface area contributed by atoms with Crippen molar-refractivity contribution in [2.75, 3.05) is 18.0 Å². The SMILES string of the molecule is CC1CCC(=O)NC1=O.CCc1cc2c(cc1-c1cnn(CC3CN(c4ccc(C(=O)C(C)C)c(C(C)=O)c4)C3)c1)C(C)(C)c1[nH]c3cc(C#N)ccc3c1C2=O. The van der Waals surface area contributed by atoms with Gasteiger partial charge in [0.15, 0.2) is 17.3 Å². The zero-order valence-electron chi connectivity index (χ0n) is 33.6. The largest absolute Gasteiger partial charge is 0.371 e. The number of rotatable bonds is 8. The van der Waals surface area contributed by atoms with Gasteiger partial charge in [0.25, 0.3) is 0 Å². The molecule has 57 heavy (non-hydrogen) atoms. The standard InChI is InChI=1S/C40H39N5O3.C6H9NO2/c1-7-26-13-33-34(40(5,6)39-36(38(33)48)30-10-8-24(16-41)12-35(30)43-39)15-32(26)27-17-42-45(21-27)20-25-18-44(19-25)28-9-11-29(37(47)22(2)3)31(14-28)23(4)46;1-4-2-3-5(8)7-6(4)9/h8-15,17,21-22,25,43H,7,18-20H2,1-6H3;4H,2-3H2,1H3,(H,7,8,9). The number of amides is 2. The zero-order valence-corrected chi connectivity index (χ0v) is 33.6. The van der Waals surface area contributed by atoms with Gasteiger partial charge in [0.05, 0.1) is 23.4 Å². The number of hydrogen-bond acceptors (Lipinski definition) is 8. The number of ketones is 3. The first kappa shape index (κ1) is 39.1. The van der Waals surface area contributed by atoms with Gasteiger partial charge in [0.2, 0.25) is 11.8 Å². The Morgan fingerprint density at radius 1 is 1.02 bits per heavy atom. The molecular weight excluding hydrogens is 717 g/mol. The Balaban J connectivity index is 0.000000487. The highest BCUT2D eigenvalue weighted by atomic mass is 16.2. The topological polar surface area (TPSA) is 158 Å². The van der Waals surface area contributed by atoms with E-state index in [4.69, 9.17) is 5.10 Å². The molecule has 2 aromatic heterocycles. The van der Waals surface area contributed by atoms with Crippen molar-refractivity contribution in [2.24, 2.45) is 17.8 Å². The number of hydrogen-bond donors (Lipinski definition) is 2. The molecule has 0 saturated carbocycles.